The van der Waals surface area contributed by atoms with Crippen molar-refractivity contribution in [2.24, 2.45) is 0 Å². The van der Waals surface area contributed by atoms with Crippen LogP contribution in [0.3, 0.4) is 0 Å². The zero-order valence-corrected chi connectivity index (χ0v) is 13.2. The predicted octanol–water partition coefficient (Wildman–Crippen LogP) is 2.84. The van der Waals surface area contributed by atoms with E-state index in [1.807, 2.05) is 6.07 Å². The second kappa shape index (κ2) is 9.10. The first-order valence-corrected chi connectivity index (χ1v) is 7.67. The maximum absolute atomic E-state index is 11.9. The van der Waals surface area contributed by atoms with Crippen molar-refractivity contribution in [3.63, 3.8) is 0 Å². The first-order valence-electron chi connectivity index (χ1n) is 6.55. The fourth-order valence-corrected chi connectivity index (χ4v) is 2.51. The number of hydrogen-bond donors (Lipinski definition) is 1. The summed E-state index contributed by atoms with van der Waals surface area (Å²) in [6.45, 7) is 2.62. The topological polar surface area (TPSA) is 38.3 Å². The number of methoxy groups -OCH3 is 1. The molecule has 0 bridgehead atoms. The quantitative estimate of drug-likeness (QED) is 0.745. The highest BCUT2D eigenvalue weighted by molar-refractivity contribution is 9.09. The minimum absolute atomic E-state index is 0.0875. The number of hydrogen-bond acceptors (Lipinski definition) is 2. The summed E-state index contributed by atoms with van der Waals surface area (Å²) < 4.78 is 5.10. The predicted molar refractivity (Wildman–Crippen MR) is 81.7 cm³/mol. The minimum atomic E-state index is 0.0875. The second-order valence-corrected chi connectivity index (χ2v) is 5.48. The number of ether oxygens (including phenoxy) is 1. The highest BCUT2D eigenvalue weighted by Gasteiger charge is 2.11. The van der Waals surface area contributed by atoms with Crippen molar-refractivity contribution in [2.45, 2.75) is 32.2 Å². The van der Waals surface area contributed by atoms with Crippen molar-refractivity contribution in [3.8, 4) is 0 Å². The van der Waals surface area contributed by atoms with Crippen LogP contribution in [0.4, 0.5) is 0 Å². The van der Waals surface area contributed by atoms with E-state index in [4.69, 9.17) is 4.74 Å². The van der Waals surface area contributed by atoms with E-state index in [1.54, 1.807) is 7.11 Å². The Morgan fingerprint density at radius 3 is 2.89 bits per heavy atom. The SMILES string of the molecule is COCC(CCBr)NC(=O)CCc1cccc(C)c1. The summed E-state index contributed by atoms with van der Waals surface area (Å²) in [6.07, 6.45) is 2.18. The van der Waals surface area contributed by atoms with E-state index in [-0.39, 0.29) is 11.9 Å². The number of benzene rings is 1. The molecule has 1 N–H and O–H groups in total. The first kappa shape index (κ1) is 16.2. The molecule has 0 heterocycles. The van der Waals surface area contributed by atoms with E-state index in [2.05, 4.69) is 46.4 Å². The van der Waals surface area contributed by atoms with Gasteiger partial charge in [-0.3, -0.25) is 4.79 Å². The van der Waals surface area contributed by atoms with Crippen LogP contribution < -0.4 is 5.32 Å². The van der Waals surface area contributed by atoms with Crippen molar-refractivity contribution in [1.29, 1.82) is 0 Å². The molecule has 1 aromatic rings. The molecule has 1 aromatic carbocycles. The van der Waals surface area contributed by atoms with Gasteiger partial charge >= 0.3 is 0 Å². The second-order valence-electron chi connectivity index (χ2n) is 4.69. The molecule has 0 spiro atoms. The number of carbonyl (C=O) groups excluding carboxylic acids is 1. The lowest BCUT2D eigenvalue weighted by Gasteiger charge is -2.16. The molecule has 3 nitrogen and oxygen atoms in total. The maximum Gasteiger partial charge on any atom is 0.220 e. The monoisotopic (exact) mass is 327 g/mol. The Bertz CT molecular complexity index is 389. The molecule has 0 fully saturated rings. The van der Waals surface area contributed by atoms with Gasteiger partial charge in [0.15, 0.2) is 0 Å². The van der Waals surface area contributed by atoms with Crippen molar-refractivity contribution < 1.29 is 9.53 Å². The average molecular weight is 328 g/mol. The summed E-state index contributed by atoms with van der Waals surface area (Å²) in [7, 11) is 1.65. The van der Waals surface area contributed by atoms with E-state index in [1.165, 1.54) is 11.1 Å². The number of halogens is 1. The number of aryl methyl sites for hydroxylation is 2. The third kappa shape index (κ3) is 6.73. The number of nitrogens with one attached hydrogen (secondary N) is 1. The molecule has 0 saturated heterocycles. The molecule has 0 aliphatic heterocycles. The molecule has 1 atom stereocenters. The van der Waals surface area contributed by atoms with Gasteiger partial charge in [-0.15, -0.1) is 0 Å². The van der Waals surface area contributed by atoms with Crippen LogP contribution in [0.15, 0.2) is 24.3 Å². The largest absolute Gasteiger partial charge is 0.383 e. The van der Waals surface area contributed by atoms with Gasteiger partial charge in [-0.1, -0.05) is 45.8 Å². The summed E-state index contributed by atoms with van der Waals surface area (Å²) in [5.41, 5.74) is 2.44. The summed E-state index contributed by atoms with van der Waals surface area (Å²) >= 11 is 3.39. The lowest BCUT2D eigenvalue weighted by molar-refractivity contribution is -0.122. The molecule has 0 aromatic heterocycles. The van der Waals surface area contributed by atoms with Crippen molar-refractivity contribution in [2.75, 3.05) is 19.0 Å². The van der Waals surface area contributed by atoms with Crippen LogP contribution in [0.2, 0.25) is 0 Å². The lowest BCUT2D eigenvalue weighted by atomic mass is 10.1. The highest BCUT2D eigenvalue weighted by atomic mass is 79.9. The minimum Gasteiger partial charge on any atom is -0.383 e. The molecule has 106 valence electrons. The molecule has 0 radical (unpaired) electrons. The van der Waals surface area contributed by atoms with Gasteiger partial charge in [0.25, 0.3) is 0 Å². The standard InChI is InChI=1S/C15H22BrNO2/c1-12-4-3-5-13(10-12)6-7-15(18)17-14(8-9-16)11-19-2/h3-5,10,14H,6-9,11H2,1-2H3,(H,17,18). The first-order chi connectivity index (χ1) is 9.15. The van der Waals surface area contributed by atoms with Gasteiger partial charge in [0.1, 0.15) is 0 Å². The molecule has 0 aliphatic carbocycles. The molecule has 19 heavy (non-hydrogen) atoms. The third-order valence-electron chi connectivity index (χ3n) is 2.91. The van der Waals surface area contributed by atoms with E-state index in [9.17, 15) is 4.79 Å². The number of carbonyl (C=O) groups is 1. The Morgan fingerprint density at radius 1 is 1.47 bits per heavy atom. The van der Waals surface area contributed by atoms with Gasteiger partial charge < -0.3 is 10.1 Å². The van der Waals surface area contributed by atoms with Gasteiger partial charge in [-0.05, 0) is 25.3 Å². The van der Waals surface area contributed by atoms with Crippen LogP contribution in [0, 0.1) is 6.92 Å². The van der Waals surface area contributed by atoms with Crippen molar-refractivity contribution in [1.82, 2.24) is 5.32 Å². The summed E-state index contributed by atoms with van der Waals surface area (Å²) in [6, 6.07) is 8.37. The molecule has 1 unspecified atom stereocenters. The van der Waals surface area contributed by atoms with Crippen molar-refractivity contribution >= 4 is 21.8 Å². The highest BCUT2D eigenvalue weighted by Crippen LogP contribution is 2.07. The fourth-order valence-electron chi connectivity index (χ4n) is 1.96. The Morgan fingerprint density at radius 2 is 2.26 bits per heavy atom. The smallest absolute Gasteiger partial charge is 0.220 e. The van der Waals surface area contributed by atoms with Crippen molar-refractivity contribution in [3.05, 3.63) is 35.4 Å². The zero-order valence-electron chi connectivity index (χ0n) is 11.6. The van der Waals surface area contributed by atoms with Crippen LogP contribution in [0.5, 0.6) is 0 Å². The van der Waals surface area contributed by atoms with Crippen LogP contribution in [0.1, 0.15) is 24.0 Å². The molecule has 1 amide bonds. The van der Waals surface area contributed by atoms with E-state index >= 15 is 0 Å². The summed E-state index contributed by atoms with van der Waals surface area (Å²) in [4.78, 5) is 11.9. The molecule has 1 rings (SSSR count). The summed E-state index contributed by atoms with van der Waals surface area (Å²) in [5.74, 6) is 0.0875. The van der Waals surface area contributed by atoms with E-state index in [0.717, 1.165) is 18.2 Å². The van der Waals surface area contributed by atoms with E-state index in [0.29, 0.717) is 13.0 Å². The van der Waals surface area contributed by atoms with E-state index < -0.39 is 0 Å². The molecule has 0 saturated carbocycles. The fraction of sp³-hybridized carbons (Fsp3) is 0.533. The van der Waals surface area contributed by atoms with Gasteiger partial charge in [0.2, 0.25) is 5.91 Å². The van der Waals surface area contributed by atoms with Crippen LogP contribution in [-0.4, -0.2) is 31.0 Å². The molecule has 4 heteroatoms. The molecule has 0 aliphatic rings. The Hall–Kier alpha value is -0.870. The van der Waals surface area contributed by atoms with Gasteiger partial charge in [-0.2, -0.15) is 0 Å². The van der Waals surface area contributed by atoms with Gasteiger partial charge in [-0.25, -0.2) is 0 Å². The third-order valence-corrected chi connectivity index (χ3v) is 3.37. The number of amides is 1. The maximum atomic E-state index is 11.9. The molecular formula is C15H22BrNO2. The Balaban J connectivity index is 2.37. The zero-order chi connectivity index (χ0) is 14.1. The van der Waals surface area contributed by atoms with Gasteiger partial charge in [0, 0.05) is 18.9 Å². The summed E-state index contributed by atoms with van der Waals surface area (Å²) in [5, 5.41) is 3.87. The number of rotatable bonds is 8. The van der Waals surface area contributed by atoms with Gasteiger partial charge in [0.05, 0.1) is 12.6 Å². The number of alkyl halides is 1. The lowest BCUT2D eigenvalue weighted by Crippen LogP contribution is -2.38. The molecular weight excluding hydrogens is 306 g/mol. The Labute approximate surface area is 123 Å². The van der Waals surface area contributed by atoms with Crippen LogP contribution in [0.25, 0.3) is 0 Å². The Kier molecular flexibility index (Phi) is 7.75. The normalized spacial score (nSPS) is 12.2. The average Bonchev–Trinajstić information content (AvgIpc) is 2.37. The van der Waals surface area contributed by atoms with Crippen LogP contribution >= 0.6 is 15.9 Å². The van der Waals surface area contributed by atoms with Crippen LogP contribution in [-0.2, 0) is 16.0 Å².